The SMILES string of the molecule is O=C(O)CC(=O)N1CCN(c2ccccc2F)CC1. The lowest BCUT2D eigenvalue weighted by Crippen LogP contribution is -2.49. The van der Waals surface area contributed by atoms with E-state index in [1.165, 1.54) is 11.0 Å². The smallest absolute Gasteiger partial charge is 0.312 e. The molecule has 0 aromatic heterocycles. The lowest BCUT2D eigenvalue weighted by atomic mass is 10.2. The number of anilines is 1. The van der Waals surface area contributed by atoms with E-state index in [0.29, 0.717) is 31.9 Å². The number of para-hydroxylation sites is 1. The van der Waals surface area contributed by atoms with E-state index in [9.17, 15) is 14.0 Å². The summed E-state index contributed by atoms with van der Waals surface area (Å²) < 4.78 is 13.6. The Morgan fingerprint density at radius 1 is 1.16 bits per heavy atom. The number of rotatable bonds is 3. The number of piperazine rings is 1. The van der Waals surface area contributed by atoms with E-state index in [0.717, 1.165) is 0 Å². The van der Waals surface area contributed by atoms with Gasteiger partial charge in [-0.2, -0.15) is 0 Å². The Balaban J connectivity index is 1.94. The monoisotopic (exact) mass is 266 g/mol. The Labute approximate surface area is 110 Å². The Bertz CT molecular complexity index is 485. The van der Waals surface area contributed by atoms with Gasteiger partial charge in [0.25, 0.3) is 0 Å². The number of hydrogen-bond donors (Lipinski definition) is 1. The summed E-state index contributed by atoms with van der Waals surface area (Å²) in [5.74, 6) is -1.80. The van der Waals surface area contributed by atoms with Gasteiger partial charge in [0.1, 0.15) is 12.2 Å². The third-order valence-electron chi connectivity index (χ3n) is 3.13. The van der Waals surface area contributed by atoms with E-state index in [1.54, 1.807) is 18.2 Å². The van der Waals surface area contributed by atoms with Crippen molar-refractivity contribution in [2.24, 2.45) is 0 Å². The van der Waals surface area contributed by atoms with Crippen molar-refractivity contribution in [2.75, 3.05) is 31.1 Å². The summed E-state index contributed by atoms with van der Waals surface area (Å²) >= 11 is 0. The lowest BCUT2D eigenvalue weighted by Gasteiger charge is -2.36. The quantitative estimate of drug-likeness (QED) is 0.827. The summed E-state index contributed by atoms with van der Waals surface area (Å²) in [6.07, 6.45) is -0.486. The third kappa shape index (κ3) is 3.21. The average Bonchev–Trinajstić information content (AvgIpc) is 2.39. The van der Waals surface area contributed by atoms with Crippen LogP contribution in [0.5, 0.6) is 0 Å². The molecule has 0 atom stereocenters. The molecular weight excluding hydrogens is 251 g/mol. The van der Waals surface area contributed by atoms with Gasteiger partial charge in [-0.3, -0.25) is 9.59 Å². The van der Waals surface area contributed by atoms with Crippen LogP contribution in [-0.2, 0) is 9.59 Å². The molecule has 1 heterocycles. The second kappa shape index (κ2) is 5.69. The van der Waals surface area contributed by atoms with Crippen LogP contribution < -0.4 is 4.90 Å². The summed E-state index contributed by atoms with van der Waals surface area (Å²) in [5.41, 5.74) is 0.521. The highest BCUT2D eigenvalue weighted by molar-refractivity contribution is 5.93. The van der Waals surface area contributed by atoms with Gasteiger partial charge in [-0.1, -0.05) is 12.1 Å². The van der Waals surface area contributed by atoms with Gasteiger partial charge >= 0.3 is 5.97 Å². The van der Waals surface area contributed by atoms with Crippen LogP contribution in [0.15, 0.2) is 24.3 Å². The van der Waals surface area contributed by atoms with E-state index in [1.807, 2.05) is 4.90 Å². The molecule has 0 unspecified atom stereocenters. The number of hydrogen-bond acceptors (Lipinski definition) is 3. The van der Waals surface area contributed by atoms with Gasteiger partial charge in [-0.25, -0.2) is 4.39 Å². The van der Waals surface area contributed by atoms with E-state index >= 15 is 0 Å². The number of aliphatic carboxylic acids is 1. The molecule has 2 rings (SSSR count). The van der Waals surface area contributed by atoms with E-state index in [2.05, 4.69) is 0 Å². The molecule has 1 aliphatic heterocycles. The zero-order valence-corrected chi connectivity index (χ0v) is 10.4. The van der Waals surface area contributed by atoms with Crippen molar-refractivity contribution in [1.29, 1.82) is 0 Å². The van der Waals surface area contributed by atoms with Gasteiger partial charge in [-0.05, 0) is 12.1 Å². The molecule has 0 saturated carbocycles. The third-order valence-corrected chi connectivity index (χ3v) is 3.13. The Morgan fingerprint density at radius 3 is 2.37 bits per heavy atom. The van der Waals surface area contributed by atoms with Gasteiger partial charge in [0.05, 0.1) is 5.69 Å². The molecule has 0 spiro atoms. The van der Waals surface area contributed by atoms with Gasteiger partial charge < -0.3 is 14.9 Å². The molecule has 1 saturated heterocycles. The topological polar surface area (TPSA) is 60.9 Å². The first-order valence-electron chi connectivity index (χ1n) is 6.07. The summed E-state index contributed by atoms with van der Waals surface area (Å²) in [5, 5.41) is 8.57. The molecule has 1 aliphatic rings. The van der Waals surface area contributed by atoms with Crippen LogP contribution in [0.2, 0.25) is 0 Å². The normalized spacial score (nSPS) is 15.4. The summed E-state index contributed by atoms with van der Waals surface area (Å²) in [6, 6.07) is 6.49. The minimum absolute atomic E-state index is 0.284. The van der Waals surface area contributed by atoms with Crippen LogP contribution in [-0.4, -0.2) is 48.1 Å². The number of carboxylic acids is 1. The second-order valence-corrected chi connectivity index (χ2v) is 4.39. The molecule has 102 valence electrons. The first kappa shape index (κ1) is 13.3. The maximum atomic E-state index is 13.6. The van der Waals surface area contributed by atoms with Crippen molar-refractivity contribution in [3.8, 4) is 0 Å². The maximum Gasteiger partial charge on any atom is 0.312 e. The van der Waals surface area contributed by atoms with Crippen molar-refractivity contribution >= 4 is 17.6 Å². The first-order chi connectivity index (χ1) is 9.08. The molecule has 6 heteroatoms. The average molecular weight is 266 g/mol. The Hall–Kier alpha value is -2.11. The van der Waals surface area contributed by atoms with Crippen molar-refractivity contribution in [3.63, 3.8) is 0 Å². The van der Waals surface area contributed by atoms with E-state index in [-0.39, 0.29) is 11.7 Å². The molecule has 5 nitrogen and oxygen atoms in total. The van der Waals surface area contributed by atoms with Gasteiger partial charge in [0.2, 0.25) is 5.91 Å². The van der Waals surface area contributed by atoms with Crippen LogP contribution in [0.3, 0.4) is 0 Å². The molecule has 1 amide bonds. The maximum absolute atomic E-state index is 13.6. The molecular formula is C13H15FN2O3. The molecule has 0 bridgehead atoms. The van der Waals surface area contributed by atoms with Gasteiger partial charge in [-0.15, -0.1) is 0 Å². The zero-order valence-electron chi connectivity index (χ0n) is 10.4. The lowest BCUT2D eigenvalue weighted by molar-refractivity contribution is -0.144. The predicted molar refractivity (Wildman–Crippen MR) is 67.4 cm³/mol. The van der Waals surface area contributed by atoms with Crippen LogP contribution >= 0.6 is 0 Å². The highest BCUT2D eigenvalue weighted by atomic mass is 19.1. The number of amides is 1. The van der Waals surface area contributed by atoms with E-state index < -0.39 is 12.4 Å². The summed E-state index contributed by atoms with van der Waals surface area (Å²) in [7, 11) is 0. The standard InChI is InChI=1S/C13H15FN2O3/c14-10-3-1-2-4-11(10)15-5-7-16(8-6-15)12(17)9-13(18)19/h1-4H,5-9H2,(H,18,19). The number of benzene rings is 1. The zero-order chi connectivity index (χ0) is 13.8. The number of halogens is 1. The fraction of sp³-hybridized carbons (Fsp3) is 0.385. The number of carbonyl (C=O) groups is 2. The van der Waals surface area contributed by atoms with Crippen LogP contribution in [0.1, 0.15) is 6.42 Å². The molecule has 19 heavy (non-hydrogen) atoms. The van der Waals surface area contributed by atoms with Crippen molar-refractivity contribution in [2.45, 2.75) is 6.42 Å². The molecule has 0 radical (unpaired) electrons. The molecule has 1 aromatic carbocycles. The summed E-state index contributed by atoms with van der Waals surface area (Å²) in [4.78, 5) is 25.4. The highest BCUT2D eigenvalue weighted by Crippen LogP contribution is 2.20. The van der Waals surface area contributed by atoms with Gasteiger partial charge in [0.15, 0.2) is 0 Å². The minimum atomic E-state index is -1.12. The van der Waals surface area contributed by atoms with E-state index in [4.69, 9.17) is 5.11 Å². The molecule has 1 N–H and O–H groups in total. The molecule has 0 aliphatic carbocycles. The predicted octanol–water partition coefficient (Wildman–Crippen LogP) is 0.949. The van der Waals surface area contributed by atoms with Crippen LogP contribution in [0.4, 0.5) is 10.1 Å². The largest absolute Gasteiger partial charge is 0.481 e. The van der Waals surface area contributed by atoms with Gasteiger partial charge in [0, 0.05) is 26.2 Å². The minimum Gasteiger partial charge on any atom is -0.481 e. The second-order valence-electron chi connectivity index (χ2n) is 4.39. The number of carboxylic acid groups (broad SMARTS) is 1. The fourth-order valence-electron chi connectivity index (χ4n) is 2.15. The fourth-order valence-corrected chi connectivity index (χ4v) is 2.15. The molecule has 1 aromatic rings. The van der Waals surface area contributed by atoms with Crippen LogP contribution in [0.25, 0.3) is 0 Å². The number of nitrogens with zero attached hydrogens (tertiary/aromatic N) is 2. The highest BCUT2D eigenvalue weighted by Gasteiger charge is 2.23. The Morgan fingerprint density at radius 2 is 1.79 bits per heavy atom. The first-order valence-corrected chi connectivity index (χ1v) is 6.07. The van der Waals surface area contributed by atoms with Crippen molar-refractivity contribution in [3.05, 3.63) is 30.1 Å². The Kier molecular flexibility index (Phi) is 3.99. The van der Waals surface area contributed by atoms with Crippen molar-refractivity contribution in [1.82, 2.24) is 4.90 Å². The van der Waals surface area contributed by atoms with Crippen LogP contribution in [0, 0.1) is 5.82 Å². The molecule has 1 fully saturated rings. The van der Waals surface area contributed by atoms with Crippen molar-refractivity contribution < 1.29 is 19.1 Å². The summed E-state index contributed by atoms with van der Waals surface area (Å²) in [6.45, 7) is 1.85. The number of carbonyl (C=O) groups excluding carboxylic acids is 1.